The Hall–Kier alpha value is -2.66. The van der Waals surface area contributed by atoms with Gasteiger partial charge in [0.05, 0.1) is 36.2 Å². The van der Waals surface area contributed by atoms with Crippen LogP contribution >= 0.6 is 11.9 Å². The van der Waals surface area contributed by atoms with Gasteiger partial charge >= 0.3 is 0 Å². The molecule has 0 bridgehead atoms. The number of nitrogens with zero attached hydrogens (tertiary/aromatic N) is 3. The van der Waals surface area contributed by atoms with Gasteiger partial charge in [0.2, 0.25) is 0 Å². The Bertz CT molecular complexity index is 922. The van der Waals surface area contributed by atoms with Crippen LogP contribution in [0.2, 0.25) is 0 Å². The largest absolute Gasteiger partial charge is 0.494 e. The molecule has 4 rings (SSSR count). The number of likely N-dealkylation sites (tertiary alicyclic amines) is 1. The molecule has 1 unspecified atom stereocenters. The van der Waals surface area contributed by atoms with E-state index in [1.807, 2.05) is 41.4 Å². The summed E-state index contributed by atoms with van der Waals surface area (Å²) in [4.78, 5) is 3.63. The fourth-order valence-corrected chi connectivity index (χ4v) is 4.50. The van der Waals surface area contributed by atoms with E-state index in [4.69, 9.17) is 10.00 Å². The number of hydrazine groups is 1. The quantitative estimate of drug-likeness (QED) is 0.450. The molecule has 1 saturated heterocycles. The molecule has 0 spiro atoms. The van der Waals surface area contributed by atoms with E-state index in [0.717, 1.165) is 54.2 Å². The summed E-state index contributed by atoms with van der Waals surface area (Å²) in [5.74, 6) is 0.913. The van der Waals surface area contributed by atoms with Crippen LogP contribution in [0.25, 0.3) is 0 Å². The van der Waals surface area contributed by atoms with Crippen molar-refractivity contribution >= 4 is 17.6 Å². The van der Waals surface area contributed by atoms with Crippen LogP contribution < -0.4 is 19.9 Å². The second-order valence-electron chi connectivity index (χ2n) is 7.92. The molecule has 0 radical (unpaired) electrons. The lowest BCUT2D eigenvalue weighted by atomic mass is 10.2. The first-order valence-corrected chi connectivity index (χ1v) is 11.7. The summed E-state index contributed by atoms with van der Waals surface area (Å²) in [6.45, 7) is 6.16. The third kappa shape index (κ3) is 5.95. The smallest absolute Gasteiger partial charge is 0.119 e. The summed E-state index contributed by atoms with van der Waals surface area (Å²) < 4.78 is 9.30. The summed E-state index contributed by atoms with van der Waals surface area (Å²) >= 11 is 1.54. The molecule has 0 saturated carbocycles. The summed E-state index contributed by atoms with van der Waals surface area (Å²) in [5, 5.41) is 10.9. The molecule has 0 aromatic heterocycles. The molecule has 2 N–H and O–H groups in total. The fourth-order valence-electron chi connectivity index (χ4n) is 3.85. The Morgan fingerprint density at radius 2 is 2.00 bits per heavy atom. The molecule has 1 atom stereocenters. The third-order valence-electron chi connectivity index (χ3n) is 5.67. The first-order valence-electron chi connectivity index (χ1n) is 10.8. The molecule has 162 valence electrons. The van der Waals surface area contributed by atoms with Crippen LogP contribution in [0, 0.1) is 11.3 Å². The Balaban J connectivity index is 1.21. The third-order valence-corrected chi connectivity index (χ3v) is 6.54. The molecule has 2 aromatic rings. The van der Waals surface area contributed by atoms with Crippen LogP contribution in [0.1, 0.15) is 31.7 Å². The monoisotopic (exact) mass is 435 g/mol. The molecule has 6 nitrogen and oxygen atoms in total. The lowest BCUT2D eigenvalue weighted by molar-refractivity contribution is 0.230. The van der Waals surface area contributed by atoms with Crippen LogP contribution in [0.3, 0.4) is 0 Å². The van der Waals surface area contributed by atoms with E-state index in [-0.39, 0.29) is 0 Å². The van der Waals surface area contributed by atoms with Crippen LogP contribution in [0.5, 0.6) is 5.75 Å². The number of benzene rings is 2. The van der Waals surface area contributed by atoms with Crippen molar-refractivity contribution in [2.45, 2.75) is 37.1 Å². The average Bonchev–Trinajstić information content (AvgIpc) is 3.45. The van der Waals surface area contributed by atoms with Crippen LogP contribution in [-0.2, 0) is 0 Å². The minimum Gasteiger partial charge on any atom is -0.494 e. The molecule has 0 aliphatic carbocycles. The highest BCUT2D eigenvalue weighted by Crippen LogP contribution is 2.23. The maximum atomic E-state index is 8.88. The summed E-state index contributed by atoms with van der Waals surface area (Å²) in [7, 11) is 0. The maximum absolute atomic E-state index is 8.88. The highest BCUT2D eigenvalue weighted by Gasteiger charge is 2.19. The van der Waals surface area contributed by atoms with Crippen molar-refractivity contribution in [2.75, 3.05) is 31.3 Å². The summed E-state index contributed by atoms with van der Waals surface area (Å²) in [6.07, 6.45) is 5.78. The summed E-state index contributed by atoms with van der Waals surface area (Å²) in [6, 6.07) is 18.6. The van der Waals surface area contributed by atoms with E-state index in [0.29, 0.717) is 5.56 Å². The molecule has 2 heterocycles. The second-order valence-corrected chi connectivity index (χ2v) is 8.80. The van der Waals surface area contributed by atoms with Crippen molar-refractivity contribution in [3.05, 3.63) is 66.0 Å². The number of hydrogen-bond acceptors (Lipinski definition) is 7. The van der Waals surface area contributed by atoms with Gasteiger partial charge in [0, 0.05) is 23.7 Å². The van der Waals surface area contributed by atoms with Crippen molar-refractivity contribution in [1.82, 2.24) is 15.0 Å². The molecule has 7 heteroatoms. The van der Waals surface area contributed by atoms with Crippen molar-refractivity contribution in [1.29, 1.82) is 5.26 Å². The van der Waals surface area contributed by atoms with E-state index in [2.05, 4.69) is 46.4 Å². The molecule has 1 fully saturated rings. The molecule has 0 amide bonds. The first-order chi connectivity index (χ1) is 15.2. The van der Waals surface area contributed by atoms with Crippen molar-refractivity contribution in [3.8, 4) is 11.8 Å². The van der Waals surface area contributed by atoms with Gasteiger partial charge in [-0.3, -0.25) is 5.01 Å². The Morgan fingerprint density at radius 1 is 1.19 bits per heavy atom. The van der Waals surface area contributed by atoms with E-state index < -0.39 is 0 Å². The fraction of sp³-hybridized carbons (Fsp3) is 0.375. The molecule has 31 heavy (non-hydrogen) atoms. The van der Waals surface area contributed by atoms with Gasteiger partial charge in [0.25, 0.3) is 0 Å². The van der Waals surface area contributed by atoms with Gasteiger partial charge in [-0.15, -0.1) is 0 Å². The van der Waals surface area contributed by atoms with E-state index in [9.17, 15) is 0 Å². The van der Waals surface area contributed by atoms with Crippen LogP contribution in [-0.4, -0.2) is 37.2 Å². The van der Waals surface area contributed by atoms with Gasteiger partial charge < -0.3 is 14.4 Å². The number of rotatable bonds is 9. The zero-order chi connectivity index (χ0) is 21.5. The number of anilines is 1. The van der Waals surface area contributed by atoms with Gasteiger partial charge in [-0.25, -0.2) is 5.43 Å². The maximum Gasteiger partial charge on any atom is 0.119 e. The average molecular weight is 436 g/mol. The zero-order valence-corrected chi connectivity index (χ0v) is 18.7. The SMILES string of the molecule is CC1CCCN1CCCOc1ccc(N2C=C(NSc3ccc(C#N)cc3)CN2)cc1. The van der Waals surface area contributed by atoms with Gasteiger partial charge in [-0.2, -0.15) is 5.26 Å². The van der Waals surface area contributed by atoms with Crippen LogP contribution in [0.15, 0.2) is 65.3 Å². The highest BCUT2D eigenvalue weighted by molar-refractivity contribution is 7.97. The minimum absolute atomic E-state index is 0.672. The number of nitrogens with one attached hydrogen (secondary N) is 2. The van der Waals surface area contributed by atoms with Crippen molar-refractivity contribution < 1.29 is 4.74 Å². The molecule has 2 aliphatic heterocycles. The minimum atomic E-state index is 0.672. The second kappa shape index (κ2) is 10.6. The van der Waals surface area contributed by atoms with Gasteiger partial charge in [0.1, 0.15) is 5.75 Å². The Labute approximate surface area is 189 Å². The van der Waals surface area contributed by atoms with Gasteiger partial charge in [-0.05, 0) is 93.2 Å². The molecular formula is C24H29N5OS. The van der Waals surface area contributed by atoms with Crippen molar-refractivity contribution in [3.63, 3.8) is 0 Å². The lowest BCUT2D eigenvalue weighted by Gasteiger charge is -2.20. The van der Waals surface area contributed by atoms with E-state index in [1.54, 1.807) is 0 Å². The predicted octanol–water partition coefficient (Wildman–Crippen LogP) is 4.27. The molecule has 2 aromatic carbocycles. The van der Waals surface area contributed by atoms with E-state index >= 15 is 0 Å². The van der Waals surface area contributed by atoms with E-state index in [1.165, 1.54) is 31.3 Å². The molecular weight excluding hydrogens is 406 g/mol. The first kappa shape index (κ1) is 21.6. The predicted molar refractivity (Wildman–Crippen MR) is 126 cm³/mol. The molecule has 2 aliphatic rings. The highest BCUT2D eigenvalue weighted by atomic mass is 32.2. The standard InChI is InChI=1S/C24H29N5OS/c1-19-4-2-13-28(19)14-3-15-30-23-9-7-22(8-10-23)29-18-21(17-26-29)27-31-24-11-5-20(16-25)6-12-24/h5-12,18-19,26-27H,2-4,13-15,17H2,1H3. The number of ether oxygens (including phenoxy) is 1. The lowest BCUT2D eigenvalue weighted by Crippen LogP contribution is -2.29. The van der Waals surface area contributed by atoms with Gasteiger partial charge in [0.15, 0.2) is 0 Å². The Kier molecular flexibility index (Phi) is 7.36. The van der Waals surface area contributed by atoms with Crippen LogP contribution in [0.4, 0.5) is 5.69 Å². The number of hydrogen-bond donors (Lipinski definition) is 2. The summed E-state index contributed by atoms with van der Waals surface area (Å²) in [5.41, 5.74) is 6.19. The normalized spacial score (nSPS) is 18.6. The zero-order valence-electron chi connectivity index (χ0n) is 17.9. The van der Waals surface area contributed by atoms with Gasteiger partial charge in [-0.1, -0.05) is 0 Å². The Morgan fingerprint density at radius 3 is 2.71 bits per heavy atom. The number of nitriles is 1. The topological polar surface area (TPSA) is 63.6 Å². The van der Waals surface area contributed by atoms with Crippen molar-refractivity contribution in [2.24, 2.45) is 0 Å².